The van der Waals surface area contributed by atoms with Crippen molar-refractivity contribution in [3.63, 3.8) is 0 Å². The summed E-state index contributed by atoms with van der Waals surface area (Å²) in [6.07, 6.45) is 0.893. The lowest BCUT2D eigenvalue weighted by atomic mass is 9.83. The van der Waals surface area contributed by atoms with Crippen LogP contribution in [0.3, 0.4) is 0 Å². The molecule has 0 unspecified atom stereocenters. The summed E-state index contributed by atoms with van der Waals surface area (Å²) in [4.78, 5) is 2.16. The molecule has 0 atom stereocenters. The Morgan fingerprint density at radius 1 is 0.875 bits per heavy atom. The van der Waals surface area contributed by atoms with Gasteiger partial charge in [0.1, 0.15) is 11.4 Å². The zero-order valence-corrected chi connectivity index (χ0v) is 18.2. The van der Waals surface area contributed by atoms with Gasteiger partial charge in [-0.15, -0.1) is 0 Å². The largest absolute Gasteiger partial charge is 0.494 e. The molecular weight excluding hydrogens is 400 g/mol. The van der Waals surface area contributed by atoms with Crippen LogP contribution in [0.15, 0.2) is 102 Å². The number of para-hydroxylation sites is 1. The summed E-state index contributed by atoms with van der Waals surface area (Å²) in [5, 5.41) is 16.1. The first-order valence-corrected chi connectivity index (χ1v) is 10.8. The van der Waals surface area contributed by atoms with Crippen LogP contribution in [-0.2, 0) is 12.1 Å². The quantitative estimate of drug-likeness (QED) is 0.366. The van der Waals surface area contributed by atoms with Gasteiger partial charge in [0, 0.05) is 12.6 Å². The average molecular weight is 429 g/mol. The highest BCUT2D eigenvalue weighted by atomic mass is 16.5. The van der Waals surface area contributed by atoms with E-state index >= 15 is 0 Å². The van der Waals surface area contributed by atoms with Gasteiger partial charge < -0.3 is 14.4 Å². The van der Waals surface area contributed by atoms with Crippen LogP contribution < -0.4 is 4.74 Å². The number of benzene rings is 3. The summed E-state index contributed by atoms with van der Waals surface area (Å²) in [6.45, 7) is 2.10. The van der Waals surface area contributed by atoms with Crippen molar-refractivity contribution in [1.29, 1.82) is 0 Å². The molecule has 0 radical (unpaired) electrons. The molecule has 0 fully saturated rings. The fourth-order valence-electron chi connectivity index (χ4n) is 3.77. The first kappa shape index (κ1) is 21.8. The van der Waals surface area contributed by atoms with E-state index in [1.54, 1.807) is 0 Å². The minimum absolute atomic E-state index is 0.478. The van der Waals surface area contributed by atoms with Gasteiger partial charge in [-0.3, -0.25) is 4.90 Å². The summed E-state index contributed by atoms with van der Waals surface area (Å²) in [7, 11) is 2.03. The van der Waals surface area contributed by atoms with Gasteiger partial charge >= 0.3 is 0 Å². The second-order valence-corrected chi connectivity index (χ2v) is 7.87. The van der Waals surface area contributed by atoms with Gasteiger partial charge in [0.25, 0.3) is 0 Å². The molecule has 0 saturated carbocycles. The topological polar surface area (TPSA) is 58.7 Å². The Morgan fingerprint density at radius 2 is 1.44 bits per heavy atom. The molecule has 4 rings (SSSR count). The number of hydrogen-bond donors (Lipinski definition) is 1. The minimum Gasteiger partial charge on any atom is -0.494 e. The maximum Gasteiger partial charge on any atom is 0.160 e. The Bertz CT molecular complexity index is 1040. The van der Waals surface area contributed by atoms with Crippen LogP contribution in [-0.4, -0.2) is 35.4 Å². The lowest BCUT2D eigenvalue weighted by molar-refractivity contribution is 0.116. The highest BCUT2D eigenvalue weighted by Crippen LogP contribution is 2.36. The number of aliphatic hydroxyl groups is 1. The average Bonchev–Trinajstić information content (AvgIpc) is 3.32. The Morgan fingerprint density at radius 3 is 2.03 bits per heavy atom. The first-order chi connectivity index (χ1) is 15.7. The molecule has 1 heterocycles. The molecule has 164 valence electrons. The number of ether oxygens (including phenoxy) is 1. The lowest BCUT2D eigenvalue weighted by Gasteiger charge is -2.27. The second kappa shape index (κ2) is 10.3. The molecule has 0 bridgehead atoms. The van der Waals surface area contributed by atoms with Crippen molar-refractivity contribution in [1.82, 2.24) is 10.1 Å². The molecule has 0 spiro atoms. The Kier molecular flexibility index (Phi) is 7.00. The van der Waals surface area contributed by atoms with Crippen LogP contribution in [0.5, 0.6) is 5.75 Å². The summed E-state index contributed by atoms with van der Waals surface area (Å²) in [5.41, 5.74) is 0.590. The highest BCUT2D eigenvalue weighted by molar-refractivity contribution is 5.44. The molecule has 5 heteroatoms. The molecule has 0 amide bonds. The third-order valence-electron chi connectivity index (χ3n) is 5.43. The van der Waals surface area contributed by atoms with Crippen molar-refractivity contribution in [2.45, 2.75) is 18.6 Å². The second-order valence-electron chi connectivity index (χ2n) is 7.87. The molecule has 1 aromatic heterocycles. The van der Waals surface area contributed by atoms with Crippen molar-refractivity contribution < 1.29 is 14.4 Å². The molecule has 0 saturated heterocycles. The predicted octanol–water partition coefficient (Wildman–Crippen LogP) is 4.86. The molecule has 0 aliphatic carbocycles. The van der Waals surface area contributed by atoms with E-state index in [1.807, 2.05) is 104 Å². The van der Waals surface area contributed by atoms with Crippen molar-refractivity contribution >= 4 is 0 Å². The standard InChI is InChI=1S/C27H28N2O3/c1-29(18-11-19-31-24-16-9-4-10-17-24)21-25-20-26(28-32-25)27(30,22-12-5-2-6-13-22)23-14-7-3-8-15-23/h2-10,12-17,20,30H,11,18-19,21H2,1H3. The van der Waals surface area contributed by atoms with Crippen LogP contribution in [0.25, 0.3) is 0 Å². The van der Waals surface area contributed by atoms with Gasteiger partial charge in [-0.2, -0.15) is 0 Å². The van der Waals surface area contributed by atoms with Crippen LogP contribution in [0.1, 0.15) is 29.0 Å². The molecule has 32 heavy (non-hydrogen) atoms. The molecule has 1 N–H and O–H groups in total. The van der Waals surface area contributed by atoms with Gasteiger partial charge in [0.05, 0.1) is 13.2 Å². The fourth-order valence-corrected chi connectivity index (χ4v) is 3.77. The monoisotopic (exact) mass is 428 g/mol. The molecule has 0 aliphatic rings. The summed E-state index contributed by atoms with van der Waals surface area (Å²) < 4.78 is 11.4. The minimum atomic E-state index is -1.38. The Hall–Kier alpha value is -3.41. The van der Waals surface area contributed by atoms with Crippen LogP contribution >= 0.6 is 0 Å². The number of nitrogens with zero attached hydrogens (tertiary/aromatic N) is 2. The fraction of sp³-hybridized carbons (Fsp3) is 0.222. The number of rotatable bonds is 10. The van der Waals surface area contributed by atoms with E-state index in [0.717, 1.165) is 29.8 Å². The summed E-state index contributed by atoms with van der Waals surface area (Å²) in [5.74, 6) is 1.59. The zero-order chi connectivity index (χ0) is 22.2. The van der Waals surface area contributed by atoms with Crippen LogP contribution in [0.2, 0.25) is 0 Å². The Balaban J connectivity index is 1.42. The van der Waals surface area contributed by atoms with E-state index in [1.165, 1.54) is 0 Å². The van der Waals surface area contributed by atoms with Gasteiger partial charge in [-0.25, -0.2) is 0 Å². The highest BCUT2D eigenvalue weighted by Gasteiger charge is 2.37. The Labute approximate surface area is 188 Å². The van der Waals surface area contributed by atoms with Gasteiger partial charge in [-0.1, -0.05) is 84.0 Å². The van der Waals surface area contributed by atoms with Gasteiger partial charge in [0.15, 0.2) is 11.4 Å². The van der Waals surface area contributed by atoms with Crippen molar-refractivity contribution in [3.05, 3.63) is 120 Å². The molecular formula is C27H28N2O3. The summed E-state index contributed by atoms with van der Waals surface area (Å²) in [6, 6.07) is 30.8. The molecule has 3 aromatic carbocycles. The normalized spacial score (nSPS) is 11.6. The third kappa shape index (κ3) is 5.07. The maximum absolute atomic E-state index is 11.8. The predicted molar refractivity (Wildman–Crippen MR) is 124 cm³/mol. The number of hydrogen-bond acceptors (Lipinski definition) is 5. The van der Waals surface area contributed by atoms with Crippen molar-refractivity contribution in [2.75, 3.05) is 20.2 Å². The molecule has 4 aromatic rings. The summed E-state index contributed by atoms with van der Waals surface area (Å²) >= 11 is 0. The van der Waals surface area contributed by atoms with E-state index in [4.69, 9.17) is 9.26 Å². The van der Waals surface area contributed by atoms with Crippen LogP contribution in [0, 0.1) is 0 Å². The van der Waals surface area contributed by atoms with E-state index in [-0.39, 0.29) is 0 Å². The van der Waals surface area contributed by atoms with Crippen LogP contribution in [0.4, 0.5) is 0 Å². The van der Waals surface area contributed by atoms with E-state index in [0.29, 0.717) is 24.6 Å². The van der Waals surface area contributed by atoms with E-state index < -0.39 is 5.60 Å². The smallest absolute Gasteiger partial charge is 0.160 e. The van der Waals surface area contributed by atoms with Gasteiger partial charge in [0.2, 0.25) is 0 Å². The SMILES string of the molecule is CN(CCCOc1ccccc1)Cc1cc(C(O)(c2ccccc2)c2ccccc2)no1. The van der Waals surface area contributed by atoms with Gasteiger partial charge in [-0.05, 0) is 36.7 Å². The van der Waals surface area contributed by atoms with E-state index in [2.05, 4.69) is 10.1 Å². The lowest BCUT2D eigenvalue weighted by Crippen LogP contribution is -2.29. The van der Waals surface area contributed by atoms with Crippen molar-refractivity contribution in [2.24, 2.45) is 0 Å². The first-order valence-electron chi connectivity index (χ1n) is 10.8. The third-order valence-corrected chi connectivity index (χ3v) is 5.43. The maximum atomic E-state index is 11.8. The van der Waals surface area contributed by atoms with Crippen molar-refractivity contribution in [3.8, 4) is 5.75 Å². The molecule has 5 nitrogen and oxygen atoms in total. The molecule has 0 aliphatic heterocycles. The van der Waals surface area contributed by atoms with E-state index in [9.17, 15) is 5.11 Å². The zero-order valence-electron chi connectivity index (χ0n) is 18.2. The number of aromatic nitrogens is 1.